The van der Waals surface area contributed by atoms with E-state index in [1.165, 1.54) is 38.2 Å². The molecular weight excluding hydrogens is 176 g/mol. The molecule has 1 aliphatic carbocycles. The molecule has 0 amide bonds. The first-order valence-electron chi connectivity index (χ1n) is 5.37. The Bertz CT molecular complexity index is 339. The van der Waals surface area contributed by atoms with Gasteiger partial charge >= 0.3 is 0 Å². The van der Waals surface area contributed by atoms with Crippen molar-refractivity contribution in [3.63, 3.8) is 0 Å². The van der Waals surface area contributed by atoms with Gasteiger partial charge in [-0.3, -0.25) is 9.36 Å². The van der Waals surface area contributed by atoms with Gasteiger partial charge in [-0.25, -0.2) is 4.98 Å². The van der Waals surface area contributed by atoms with Crippen molar-refractivity contribution in [1.29, 1.82) is 0 Å². The van der Waals surface area contributed by atoms with Crippen LogP contribution in [0, 0.1) is 5.92 Å². The third-order valence-electron chi connectivity index (χ3n) is 2.97. The lowest BCUT2D eigenvalue weighted by molar-refractivity contribution is 0.315. The van der Waals surface area contributed by atoms with Gasteiger partial charge in [0.2, 0.25) is 0 Å². The number of nitrogens with zero attached hydrogens (tertiary/aromatic N) is 2. The summed E-state index contributed by atoms with van der Waals surface area (Å²) in [4.78, 5) is 15.4. The van der Waals surface area contributed by atoms with Crippen molar-refractivity contribution in [3.8, 4) is 0 Å². The van der Waals surface area contributed by atoms with Crippen molar-refractivity contribution in [2.75, 3.05) is 0 Å². The van der Waals surface area contributed by atoms with Crippen LogP contribution >= 0.6 is 0 Å². The van der Waals surface area contributed by atoms with Crippen molar-refractivity contribution in [2.45, 2.75) is 38.6 Å². The Morgan fingerprint density at radius 2 is 2.14 bits per heavy atom. The number of aromatic nitrogens is 2. The Hall–Kier alpha value is -1.12. The molecule has 1 aromatic rings. The van der Waals surface area contributed by atoms with Gasteiger partial charge in [-0.2, -0.15) is 0 Å². The Kier molecular flexibility index (Phi) is 2.96. The molecule has 1 heterocycles. The van der Waals surface area contributed by atoms with Gasteiger partial charge in [-0.1, -0.05) is 19.3 Å². The first-order chi connectivity index (χ1) is 6.86. The van der Waals surface area contributed by atoms with E-state index in [0.717, 1.165) is 6.54 Å². The van der Waals surface area contributed by atoms with E-state index in [2.05, 4.69) is 4.98 Å². The molecule has 1 aliphatic rings. The van der Waals surface area contributed by atoms with E-state index in [9.17, 15) is 4.79 Å². The second-order valence-corrected chi connectivity index (χ2v) is 4.07. The summed E-state index contributed by atoms with van der Waals surface area (Å²) < 4.78 is 1.73. The second kappa shape index (κ2) is 4.40. The van der Waals surface area contributed by atoms with E-state index in [1.54, 1.807) is 17.1 Å². The summed E-state index contributed by atoms with van der Waals surface area (Å²) in [6.45, 7) is 0.854. The SMILES string of the molecule is O=c1ccncn1CC1CCCCC1. The highest BCUT2D eigenvalue weighted by atomic mass is 16.1. The van der Waals surface area contributed by atoms with Crippen LogP contribution in [0.1, 0.15) is 32.1 Å². The van der Waals surface area contributed by atoms with Crippen molar-refractivity contribution in [1.82, 2.24) is 9.55 Å². The molecule has 14 heavy (non-hydrogen) atoms. The third kappa shape index (κ3) is 2.22. The number of rotatable bonds is 2. The second-order valence-electron chi connectivity index (χ2n) is 4.07. The first kappa shape index (κ1) is 9.44. The number of hydrogen-bond donors (Lipinski definition) is 0. The van der Waals surface area contributed by atoms with Crippen molar-refractivity contribution in [3.05, 3.63) is 28.9 Å². The molecule has 0 atom stereocenters. The lowest BCUT2D eigenvalue weighted by Crippen LogP contribution is -2.24. The van der Waals surface area contributed by atoms with Crippen LogP contribution in [-0.2, 0) is 6.54 Å². The van der Waals surface area contributed by atoms with Crippen LogP contribution in [0.25, 0.3) is 0 Å². The van der Waals surface area contributed by atoms with Crippen LogP contribution < -0.4 is 5.56 Å². The molecule has 1 fully saturated rings. The van der Waals surface area contributed by atoms with Crippen LogP contribution in [0.4, 0.5) is 0 Å². The zero-order valence-corrected chi connectivity index (χ0v) is 8.35. The fourth-order valence-electron chi connectivity index (χ4n) is 2.16. The molecule has 0 unspecified atom stereocenters. The van der Waals surface area contributed by atoms with Crippen LogP contribution in [-0.4, -0.2) is 9.55 Å². The minimum absolute atomic E-state index is 0.0746. The lowest BCUT2D eigenvalue weighted by atomic mass is 9.89. The highest BCUT2D eigenvalue weighted by molar-refractivity contribution is 4.83. The maximum Gasteiger partial charge on any atom is 0.253 e. The maximum atomic E-state index is 11.4. The van der Waals surface area contributed by atoms with Gasteiger partial charge in [0.05, 0.1) is 6.33 Å². The monoisotopic (exact) mass is 192 g/mol. The molecule has 2 rings (SSSR count). The zero-order valence-electron chi connectivity index (χ0n) is 8.35. The highest BCUT2D eigenvalue weighted by Gasteiger charge is 2.13. The van der Waals surface area contributed by atoms with Crippen molar-refractivity contribution >= 4 is 0 Å². The largest absolute Gasteiger partial charge is 0.299 e. The molecule has 0 saturated heterocycles. The summed E-state index contributed by atoms with van der Waals surface area (Å²) in [6, 6.07) is 1.53. The Morgan fingerprint density at radius 3 is 2.86 bits per heavy atom. The molecule has 1 aromatic heterocycles. The summed E-state index contributed by atoms with van der Waals surface area (Å²) in [6.07, 6.45) is 9.73. The standard InChI is InChI=1S/C11H16N2O/c14-11-6-7-12-9-13(11)8-10-4-2-1-3-5-10/h6-7,9-10H,1-5,8H2. The Morgan fingerprint density at radius 1 is 1.36 bits per heavy atom. The fourth-order valence-corrected chi connectivity index (χ4v) is 2.16. The average Bonchev–Trinajstić information content (AvgIpc) is 2.23. The van der Waals surface area contributed by atoms with E-state index in [-0.39, 0.29) is 5.56 Å². The smallest absolute Gasteiger partial charge is 0.253 e. The van der Waals surface area contributed by atoms with E-state index < -0.39 is 0 Å². The molecular formula is C11H16N2O. The summed E-state index contributed by atoms with van der Waals surface area (Å²) in [5.41, 5.74) is 0.0746. The first-order valence-corrected chi connectivity index (χ1v) is 5.37. The summed E-state index contributed by atoms with van der Waals surface area (Å²) in [7, 11) is 0. The topological polar surface area (TPSA) is 34.9 Å². The molecule has 1 saturated carbocycles. The summed E-state index contributed by atoms with van der Waals surface area (Å²) >= 11 is 0. The van der Waals surface area contributed by atoms with Gasteiger partial charge in [0.1, 0.15) is 0 Å². The Labute approximate surface area is 83.8 Å². The predicted octanol–water partition coefficient (Wildman–Crippen LogP) is 1.82. The normalized spacial score (nSPS) is 18.3. The van der Waals surface area contributed by atoms with Gasteiger partial charge in [-0.05, 0) is 18.8 Å². The molecule has 0 aromatic carbocycles. The van der Waals surface area contributed by atoms with E-state index in [1.807, 2.05) is 0 Å². The molecule has 0 bridgehead atoms. The van der Waals surface area contributed by atoms with Crippen LogP contribution in [0.15, 0.2) is 23.4 Å². The molecule has 0 aliphatic heterocycles. The van der Waals surface area contributed by atoms with E-state index >= 15 is 0 Å². The van der Waals surface area contributed by atoms with Crippen molar-refractivity contribution < 1.29 is 0 Å². The van der Waals surface area contributed by atoms with Gasteiger partial charge in [-0.15, -0.1) is 0 Å². The minimum Gasteiger partial charge on any atom is -0.299 e. The maximum absolute atomic E-state index is 11.4. The molecule has 3 nitrogen and oxygen atoms in total. The van der Waals surface area contributed by atoms with Gasteiger partial charge < -0.3 is 0 Å². The number of hydrogen-bond acceptors (Lipinski definition) is 2. The van der Waals surface area contributed by atoms with Crippen LogP contribution in [0.3, 0.4) is 0 Å². The van der Waals surface area contributed by atoms with Gasteiger partial charge in [0.15, 0.2) is 0 Å². The highest BCUT2D eigenvalue weighted by Crippen LogP contribution is 2.24. The quantitative estimate of drug-likeness (QED) is 0.716. The molecule has 0 spiro atoms. The molecule has 76 valence electrons. The summed E-state index contributed by atoms with van der Waals surface area (Å²) in [5.74, 6) is 0.686. The van der Waals surface area contributed by atoms with Gasteiger partial charge in [0.25, 0.3) is 5.56 Å². The van der Waals surface area contributed by atoms with E-state index in [4.69, 9.17) is 0 Å². The van der Waals surface area contributed by atoms with E-state index in [0.29, 0.717) is 5.92 Å². The summed E-state index contributed by atoms with van der Waals surface area (Å²) in [5, 5.41) is 0. The fraction of sp³-hybridized carbons (Fsp3) is 0.636. The molecule has 0 radical (unpaired) electrons. The minimum atomic E-state index is 0.0746. The predicted molar refractivity (Wildman–Crippen MR) is 55.1 cm³/mol. The zero-order chi connectivity index (χ0) is 9.80. The van der Waals surface area contributed by atoms with Crippen LogP contribution in [0.5, 0.6) is 0 Å². The lowest BCUT2D eigenvalue weighted by Gasteiger charge is -2.21. The van der Waals surface area contributed by atoms with Crippen LogP contribution in [0.2, 0.25) is 0 Å². The molecule has 3 heteroatoms. The Balaban J connectivity index is 2.03. The average molecular weight is 192 g/mol. The van der Waals surface area contributed by atoms with Crippen molar-refractivity contribution in [2.24, 2.45) is 5.92 Å². The third-order valence-corrected chi connectivity index (χ3v) is 2.97. The van der Waals surface area contributed by atoms with Gasteiger partial charge in [0, 0.05) is 18.8 Å². The molecule has 0 N–H and O–H groups in total.